The number of rotatable bonds is 4. The lowest BCUT2D eigenvalue weighted by Crippen LogP contribution is -1.90. The molecule has 2 heterocycles. The largest absolute Gasteiger partial charge is 0.148 e. The SMILES string of the molecule is CC1SC1c1ccccc1Sc1ccccc1C1SC1C. The van der Waals surface area contributed by atoms with Crippen LogP contribution in [-0.2, 0) is 0 Å². The number of hydrogen-bond acceptors (Lipinski definition) is 3. The summed E-state index contributed by atoms with van der Waals surface area (Å²) < 4.78 is 0. The summed E-state index contributed by atoms with van der Waals surface area (Å²) in [6.07, 6.45) is 0. The highest BCUT2D eigenvalue weighted by molar-refractivity contribution is 8.07. The minimum absolute atomic E-state index is 0.704. The molecule has 2 aliphatic rings. The van der Waals surface area contributed by atoms with Crippen molar-refractivity contribution < 1.29 is 0 Å². The van der Waals surface area contributed by atoms with Gasteiger partial charge in [-0.05, 0) is 23.3 Å². The Morgan fingerprint density at radius 1 is 0.714 bits per heavy atom. The monoisotopic (exact) mass is 330 g/mol. The summed E-state index contributed by atoms with van der Waals surface area (Å²) in [5.41, 5.74) is 3.04. The molecule has 4 rings (SSSR count). The van der Waals surface area contributed by atoms with Gasteiger partial charge in [0.1, 0.15) is 0 Å². The van der Waals surface area contributed by atoms with Crippen molar-refractivity contribution >= 4 is 35.3 Å². The molecule has 2 saturated heterocycles. The van der Waals surface area contributed by atoms with Crippen molar-refractivity contribution in [2.45, 2.75) is 44.6 Å². The van der Waals surface area contributed by atoms with Crippen LogP contribution < -0.4 is 0 Å². The normalized spacial score (nSPS) is 30.2. The third-order valence-corrected chi connectivity index (χ3v) is 7.96. The third-order valence-electron chi connectivity index (χ3n) is 4.09. The Bertz CT molecular complexity index is 610. The van der Waals surface area contributed by atoms with E-state index >= 15 is 0 Å². The van der Waals surface area contributed by atoms with Gasteiger partial charge in [0.2, 0.25) is 0 Å². The van der Waals surface area contributed by atoms with Crippen LogP contribution in [0.3, 0.4) is 0 Å². The summed E-state index contributed by atoms with van der Waals surface area (Å²) in [6.45, 7) is 4.65. The molecule has 0 aromatic heterocycles. The summed E-state index contributed by atoms with van der Waals surface area (Å²) in [5, 5.41) is 2.96. The third kappa shape index (κ3) is 2.88. The minimum atomic E-state index is 0.704. The molecular formula is C18H18S3. The van der Waals surface area contributed by atoms with E-state index < -0.39 is 0 Å². The lowest BCUT2D eigenvalue weighted by molar-refractivity contribution is 0.995. The zero-order chi connectivity index (χ0) is 14.4. The molecule has 3 heteroatoms. The standard InChI is InChI=1S/C18H18S3/c1-11-17(19-11)13-7-3-5-9-15(13)21-16-10-6-4-8-14(16)18-12(2)20-18/h3-12,17-18H,1-2H3. The van der Waals surface area contributed by atoms with Crippen LogP contribution in [0.5, 0.6) is 0 Å². The van der Waals surface area contributed by atoms with E-state index in [0.29, 0.717) is 10.5 Å². The van der Waals surface area contributed by atoms with E-state index in [0.717, 1.165) is 10.5 Å². The van der Waals surface area contributed by atoms with Crippen molar-refractivity contribution in [2.75, 3.05) is 0 Å². The van der Waals surface area contributed by atoms with Gasteiger partial charge < -0.3 is 0 Å². The summed E-state index contributed by atoms with van der Waals surface area (Å²) in [5.74, 6) is 0. The highest BCUT2D eigenvalue weighted by Gasteiger charge is 2.38. The molecule has 0 spiro atoms. The van der Waals surface area contributed by atoms with Crippen molar-refractivity contribution in [1.29, 1.82) is 0 Å². The van der Waals surface area contributed by atoms with Crippen molar-refractivity contribution in [3.8, 4) is 0 Å². The van der Waals surface area contributed by atoms with Gasteiger partial charge in [-0.2, -0.15) is 0 Å². The minimum Gasteiger partial charge on any atom is -0.148 e. The summed E-state index contributed by atoms with van der Waals surface area (Å²) >= 11 is 6.11. The van der Waals surface area contributed by atoms with Gasteiger partial charge >= 0.3 is 0 Å². The predicted molar refractivity (Wildman–Crippen MR) is 96.6 cm³/mol. The zero-order valence-electron chi connectivity index (χ0n) is 12.2. The average molecular weight is 331 g/mol. The maximum Gasteiger partial charge on any atom is 0.0427 e. The van der Waals surface area contributed by atoms with E-state index in [1.165, 1.54) is 20.9 Å². The maximum atomic E-state index is 2.33. The fraction of sp³-hybridized carbons (Fsp3) is 0.333. The number of hydrogen-bond donors (Lipinski definition) is 0. The van der Waals surface area contributed by atoms with Crippen molar-refractivity contribution in [2.24, 2.45) is 0 Å². The lowest BCUT2D eigenvalue weighted by Gasteiger charge is -2.11. The molecule has 2 aromatic carbocycles. The Balaban J connectivity index is 1.65. The second-order valence-corrected chi connectivity index (χ2v) is 9.83. The van der Waals surface area contributed by atoms with Gasteiger partial charge in [-0.15, -0.1) is 23.5 Å². The van der Waals surface area contributed by atoms with Crippen LogP contribution in [0.4, 0.5) is 0 Å². The predicted octanol–water partition coefficient (Wildman–Crippen LogP) is 6.19. The fourth-order valence-electron chi connectivity index (χ4n) is 2.76. The summed E-state index contributed by atoms with van der Waals surface area (Å²) in [4.78, 5) is 2.87. The van der Waals surface area contributed by atoms with Gasteiger partial charge in [-0.1, -0.05) is 62.0 Å². The van der Waals surface area contributed by atoms with Crippen molar-refractivity contribution in [3.63, 3.8) is 0 Å². The van der Waals surface area contributed by atoms with Gasteiger partial charge in [0.25, 0.3) is 0 Å². The molecule has 0 radical (unpaired) electrons. The second-order valence-electron chi connectivity index (χ2n) is 5.70. The molecular weight excluding hydrogens is 312 g/mol. The Kier molecular flexibility index (Phi) is 3.76. The molecule has 108 valence electrons. The van der Waals surface area contributed by atoms with Crippen LogP contribution in [-0.4, -0.2) is 10.5 Å². The van der Waals surface area contributed by atoms with E-state index in [1.807, 2.05) is 11.8 Å². The molecule has 0 nitrogen and oxygen atoms in total. The summed E-state index contributed by atoms with van der Waals surface area (Å²) in [6, 6.07) is 17.9. The van der Waals surface area contributed by atoms with Crippen molar-refractivity contribution in [1.82, 2.24) is 0 Å². The Hall–Kier alpha value is -0.510. The first-order valence-electron chi connectivity index (χ1n) is 7.40. The molecule has 2 aromatic rings. The van der Waals surface area contributed by atoms with Crippen LogP contribution in [0, 0.1) is 0 Å². The molecule has 0 amide bonds. The fourth-order valence-corrected chi connectivity index (χ4v) is 5.81. The van der Waals surface area contributed by atoms with Gasteiger partial charge in [0.05, 0.1) is 0 Å². The van der Waals surface area contributed by atoms with Crippen LogP contribution in [0.1, 0.15) is 35.5 Å². The van der Waals surface area contributed by atoms with Crippen LogP contribution >= 0.6 is 35.3 Å². The first-order chi connectivity index (χ1) is 10.2. The molecule has 0 bridgehead atoms. The molecule has 21 heavy (non-hydrogen) atoms. The topological polar surface area (TPSA) is 0 Å². The quantitative estimate of drug-likeness (QED) is 0.613. The second kappa shape index (κ2) is 5.60. The van der Waals surface area contributed by atoms with Crippen LogP contribution in [0.15, 0.2) is 58.3 Å². The van der Waals surface area contributed by atoms with Gasteiger partial charge in [0.15, 0.2) is 0 Å². The number of benzene rings is 2. The van der Waals surface area contributed by atoms with E-state index in [-0.39, 0.29) is 0 Å². The van der Waals surface area contributed by atoms with Crippen LogP contribution in [0.25, 0.3) is 0 Å². The van der Waals surface area contributed by atoms with Gasteiger partial charge in [0, 0.05) is 30.8 Å². The smallest absolute Gasteiger partial charge is 0.0427 e. The van der Waals surface area contributed by atoms with Gasteiger partial charge in [-0.25, -0.2) is 0 Å². The first kappa shape index (κ1) is 14.1. The molecule has 0 aliphatic carbocycles. The highest BCUT2D eigenvalue weighted by Crippen LogP contribution is 2.59. The molecule has 2 fully saturated rings. The van der Waals surface area contributed by atoms with E-state index in [1.54, 1.807) is 0 Å². The average Bonchev–Trinajstić information content (AvgIpc) is 3.39. The van der Waals surface area contributed by atoms with E-state index in [2.05, 4.69) is 85.9 Å². The highest BCUT2D eigenvalue weighted by atomic mass is 32.2. The molecule has 0 N–H and O–H groups in total. The Labute approximate surface area is 139 Å². The Morgan fingerprint density at radius 2 is 1.10 bits per heavy atom. The molecule has 0 saturated carbocycles. The number of thioether (sulfide) groups is 2. The maximum absolute atomic E-state index is 2.33. The van der Waals surface area contributed by atoms with E-state index in [4.69, 9.17) is 0 Å². The Morgan fingerprint density at radius 3 is 1.48 bits per heavy atom. The van der Waals surface area contributed by atoms with Crippen LogP contribution in [0.2, 0.25) is 0 Å². The molecule has 2 aliphatic heterocycles. The molecule has 4 unspecified atom stereocenters. The first-order valence-corrected chi connectivity index (χ1v) is 10.1. The lowest BCUT2D eigenvalue weighted by atomic mass is 10.1. The van der Waals surface area contributed by atoms with Gasteiger partial charge in [-0.3, -0.25) is 0 Å². The van der Waals surface area contributed by atoms with E-state index in [9.17, 15) is 0 Å². The van der Waals surface area contributed by atoms with Crippen molar-refractivity contribution in [3.05, 3.63) is 59.7 Å². The zero-order valence-corrected chi connectivity index (χ0v) is 14.6. The molecule has 4 atom stereocenters. The summed E-state index contributed by atoms with van der Waals surface area (Å²) in [7, 11) is 0.